The van der Waals surface area contributed by atoms with Crippen LogP contribution < -0.4 is 11.1 Å². The molecule has 0 aromatic carbocycles. The molecule has 0 unspecified atom stereocenters. The third kappa shape index (κ3) is 3.76. The quantitative estimate of drug-likeness (QED) is 0.607. The van der Waals surface area contributed by atoms with Crippen molar-refractivity contribution >= 4 is 0 Å². The van der Waals surface area contributed by atoms with Gasteiger partial charge in [0.1, 0.15) is 0 Å². The minimum Gasteiger partial charge on any atom is -0.330 e. The first-order valence-corrected chi connectivity index (χ1v) is 6.67. The van der Waals surface area contributed by atoms with Gasteiger partial charge in [0.05, 0.1) is 0 Å². The van der Waals surface area contributed by atoms with E-state index in [4.69, 9.17) is 5.73 Å². The van der Waals surface area contributed by atoms with Gasteiger partial charge in [-0.1, -0.05) is 33.1 Å². The Morgan fingerprint density at radius 3 is 2.33 bits per heavy atom. The Morgan fingerprint density at radius 1 is 1.27 bits per heavy atom. The second-order valence-electron chi connectivity index (χ2n) is 5.19. The molecule has 0 amide bonds. The largest absolute Gasteiger partial charge is 0.330 e. The third-order valence-electron chi connectivity index (χ3n) is 4.27. The first kappa shape index (κ1) is 13.0. The Labute approximate surface area is 95.0 Å². The molecule has 2 nitrogen and oxygen atoms in total. The number of hydrogen-bond acceptors (Lipinski definition) is 2. The van der Waals surface area contributed by atoms with Crippen molar-refractivity contribution in [2.24, 2.45) is 17.1 Å². The SMILES string of the molecule is CCC(CC)CNCCC1(CN)CCC1. The topological polar surface area (TPSA) is 38.0 Å². The molecule has 0 atom stereocenters. The van der Waals surface area contributed by atoms with Gasteiger partial charge in [0.15, 0.2) is 0 Å². The lowest BCUT2D eigenvalue weighted by atomic mass is 9.67. The fourth-order valence-corrected chi connectivity index (χ4v) is 2.47. The molecule has 2 heteroatoms. The van der Waals surface area contributed by atoms with Gasteiger partial charge >= 0.3 is 0 Å². The van der Waals surface area contributed by atoms with Crippen LogP contribution in [0.1, 0.15) is 52.4 Å². The average Bonchev–Trinajstić information content (AvgIpc) is 2.22. The molecule has 15 heavy (non-hydrogen) atoms. The molecular weight excluding hydrogens is 184 g/mol. The van der Waals surface area contributed by atoms with E-state index in [0.29, 0.717) is 5.41 Å². The molecule has 0 bridgehead atoms. The highest BCUT2D eigenvalue weighted by Crippen LogP contribution is 2.42. The van der Waals surface area contributed by atoms with Gasteiger partial charge in [0, 0.05) is 0 Å². The fourth-order valence-electron chi connectivity index (χ4n) is 2.47. The lowest BCUT2D eigenvalue weighted by Crippen LogP contribution is -2.40. The van der Waals surface area contributed by atoms with Crippen LogP contribution in [0.4, 0.5) is 0 Å². The molecule has 90 valence electrons. The van der Waals surface area contributed by atoms with Crippen molar-refractivity contribution in [1.29, 1.82) is 0 Å². The van der Waals surface area contributed by atoms with Crippen LogP contribution in [0.15, 0.2) is 0 Å². The van der Waals surface area contributed by atoms with Gasteiger partial charge in [0.2, 0.25) is 0 Å². The second kappa shape index (κ2) is 6.49. The normalized spacial score (nSPS) is 19.2. The standard InChI is InChI=1S/C13H28N2/c1-3-12(4-2)10-15-9-8-13(11-14)6-5-7-13/h12,15H,3-11,14H2,1-2H3. The van der Waals surface area contributed by atoms with E-state index in [0.717, 1.165) is 19.0 Å². The van der Waals surface area contributed by atoms with Crippen LogP contribution in [0.5, 0.6) is 0 Å². The van der Waals surface area contributed by atoms with Crippen molar-refractivity contribution in [3.05, 3.63) is 0 Å². The van der Waals surface area contributed by atoms with E-state index >= 15 is 0 Å². The maximum atomic E-state index is 5.84. The molecule has 0 heterocycles. The van der Waals surface area contributed by atoms with Crippen molar-refractivity contribution in [2.75, 3.05) is 19.6 Å². The van der Waals surface area contributed by atoms with Crippen molar-refractivity contribution in [3.8, 4) is 0 Å². The van der Waals surface area contributed by atoms with E-state index < -0.39 is 0 Å². The van der Waals surface area contributed by atoms with Crippen LogP contribution in [-0.4, -0.2) is 19.6 Å². The third-order valence-corrected chi connectivity index (χ3v) is 4.27. The molecule has 1 fully saturated rings. The molecule has 0 aromatic heterocycles. The zero-order valence-electron chi connectivity index (χ0n) is 10.5. The minimum absolute atomic E-state index is 0.515. The van der Waals surface area contributed by atoms with Gasteiger partial charge in [0.25, 0.3) is 0 Å². The zero-order chi connectivity index (χ0) is 11.1. The second-order valence-corrected chi connectivity index (χ2v) is 5.19. The Bertz CT molecular complexity index is 154. The maximum Gasteiger partial charge on any atom is -0.00201 e. The smallest absolute Gasteiger partial charge is 0.00201 e. The molecule has 0 aliphatic heterocycles. The van der Waals surface area contributed by atoms with Crippen LogP contribution in [0.25, 0.3) is 0 Å². The summed E-state index contributed by atoms with van der Waals surface area (Å²) in [7, 11) is 0. The Hall–Kier alpha value is -0.0800. The molecule has 0 aromatic rings. The van der Waals surface area contributed by atoms with E-state index in [1.54, 1.807) is 0 Å². The number of nitrogens with two attached hydrogens (primary N) is 1. The molecule has 1 rings (SSSR count). The van der Waals surface area contributed by atoms with Gasteiger partial charge in [-0.2, -0.15) is 0 Å². The molecular formula is C13H28N2. The Kier molecular flexibility index (Phi) is 5.62. The Morgan fingerprint density at radius 2 is 1.93 bits per heavy atom. The van der Waals surface area contributed by atoms with Gasteiger partial charge in [-0.05, 0) is 50.2 Å². The first-order valence-electron chi connectivity index (χ1n) is 6.67. The molecule has 3 N–H and O–H groups in total. The highest BCUT2D eigenvalue weighted by atomic mass is 14.9. The van der Waals surface area contributed by atoms with E-state index in [-0.39, 0.29) is 0 Å². The van der Waals surface area contributed by atoms with Crippen LogP contribution in [-0.2, 0) is 0 Å². The summed E-state index contributed by atoms with van der Waals surface area (Å²) in [5.74, 6) is 0.861. The van der Waals surface area contributed by atoms with Crippen molar-refractivity contribution in [1.82, 2.24) is 5.32 Å². The summed E-state index contributed by atoms with van der Waals surface area (Å²) in [6.45, 7) is 7.80. The van der Waals surface area contributed by atoms with Crippen LogP contribution >= 0.6 is 0 Å². The molecule has 0 spiro atoms. The van der Waals surface area contributed by atoms with Gasteiger partial charge in [-0.3, -0.25) is 0 Å². The highest BCUT2D eigenvalue weighted by Gasteiger charge is 2.34. The fraction of sp³-hybridized carbons (Fsp3) is 1.00. The maximum absolute atomic E-state index is 5.84. The molecule has 1 saturated carbocycles. The summed E-state index contributed by atoms with van der Waals surface area (Å²) in [4.78, 5) is 0. The van der Waals surface area contributed by atoms with E-state index in [2.05, 4.69) is 19.2 Å². The number of rotatable bonds is 8. The number of hydrogen-bond donors (Lipinski definition) is 2. The molecule has 1 aliphatic rings. The Balaban J connectivity index is 2.05. The first-order chi connectivity index (χ1) is 7.26. The van der Waals surface area contributed by atoms with E-state index in [1.807, 2.05) is 0 Å². The van der Waals surface area contributed by atoms with Crippen LogP contribution in [0, 0.1) is 11.3 Å². The molecule has 0 saturated heterocycles. The summed E-state index contributed by atoms with van der Waals surface area (Å²) in [5, 5.41) is 3.59. The van der Waals surface area contributed by atoms with Crippen molar-refractivity contribution in [3.63, 3.8) is 0 Å². The van der Waals surface area contributed by atoms with Gasteiger partial charge < -0.3 is 11.1 Å². The van der Waals surface area contributed by atoms with Crippen molar-refractivity contribution in [2.45, 2.75) is 52.4 Å². The zero-order valence-corrected chi connectivity index (χ0v) is 10.5. The number of nitrogens with one attached hydrogen (secondary N) is 1. The summed E-state index contributed by atoms with van der Waals surface area (Å²) in [5.41, 5.74) is 6.35. The minimum atomic E-state index is 0.515. The summed E-state index contributed by atoms with van der Waals surface area (Å²) >= 11 is 0. The summed E-state index contributed by atoms with van der Waals surface area (Å²) in [6.07, 6.45) is 7.98. The van der Waals surface area contributed by atoms with Crippen molar-refractivity contribution < 1.29 is 0 Å². The molecule has 0 radical (unpaired) electrons. The van der Waals surface area contributed by atoms with Crippen LogP contribution in [0.3, 0.4) is 0 Å². The molecule has 1 aliphatic carbocycles. The monoisotopic (exact) mass is 212 g/mol. The average molecular weight is 212 g/mol. The predicted molar refractivity (Wildman–Crippen MR) is 66.9 cm³/mol. The van der Waals surface area contributed by atoms with E-state index in [9.17, 15) is 0 Å². The lowest BCUT2D eigenvalue weighted by molar-refractivity contribution is 0.130. The van der Waals surface area contributed by atoms with E-state index in [1.165, 1.54) is 45.1 Å². The lowest BCUT2D eigenvalue weighted by Gasteiger charge is -2.41. The summed E-state index contributed by atoms with van der Waals surface area (Å²) in [6, 6.07) is 0. The highest BCUT2D eigenvalue weighted by molar-refractivity contribution is 4.88. The van der Waals surface area contributed by atoms with Gasteiger partial charge in [-0.15, -0.1) is 0 Å². The van der Waals surface area contributed by atoms with Crippen LogP contribution in [0.2, 0.25) is 0 Å². The van der Waals surface area contributed by atoms with Gasteiger partial charge in [-0.25, -0.2) is 0 Å². The summed E-state index contributed by atoms with van der Waals surface area (Å²) < 4.78 is 0. The predicted octanol–water partition coefficient (Wildman–Crippen LogP) is 2.53.